The molecule has 2 nitrogen and oxygen atoms in total. The van der Waals surface area contributed by atoms with E-state index in [4.69, 9.17) is 10.5 Å². The highest BCUT2D eigenvalue weighted by molar-refractivity contribution is 6.70. The Bertz CT molecular complexity index is 243. The van der Waals surface area contributed by atoms with Gasteiger partial charge in [-0.1, -0.05) is 13.8 Å². The SMILES string of the molecule is CC(C)CC(C#N)(C#N)[Si](C)(F)F. The van der Waals surface area contributed by atoms with E-state index in [1.54, 1.807) is 13.8 Å². The number of halogens is 2. The summed E-state index contributed by atoms with van der Waals surface area (Å²) in [5, 5.41) is 15.2. The summed E-state index contributed by atoms with van der Waals surface area (Å²) in [7, 11) is -4.72. The lowest BCUT2D eigenvalue weighted by Crippen LogP contribution is -2.36. The summed E-state index contributed by atoms with van der Waals surface area (Å²) >= 11 is 0. The largest absolute Gasteiger partial charge is 0.455 e. The summed E-state index contributed by atoms with van der Waals surface area (Å²) in [6.45, 7) is 4.20. The molecule has 0 N–H and O–H groups in total. The number of rotatable bonds is 3. The Labute approximate surface area is 78.1 Å². The van der Waals surface area contributed by atoms with E-state index in [9.17, 15) is 8.22 Å². The van der Waals surface area contributed by atoms with Crippen LogP contribution in [0.2, 0.25) is 11.6 Å². The van der Waals surface area contributed by atoms with Crippen LogP contribution in [0.3, 0.4) is 0 Å². The van der Waals surface area contributed by atoms with Crippen molar-refractivity contribution in [2.45, 2.75) is 31.9 Å². The van der Waals surface area contributed by atoms with E-state index >= 15 is 0 Å². The molecule has 0 atom stereocenters. The van der Waals surface area contributed by atoms with E-state index in [2.05, 4.69) is 0 Å². The van der Waals surface area contributed by atoms with E-state index in [0.29, 0.717) is 0 Å². The molecule has 0 bridgehead atoms. The highest BCUT2D eigenvalue weighted by atomic mass is 28.4. The Hall–Kier alpha value is -0.943. The van der Waals surface area contributed by atoms with Gasteiger partial charge in [-0.3, -0.25) is 8.22 Å². The van der Waals surface area contributed by atoms with Crippen LogP contribution in [0.1, 0.15) is 20.3 Å². The second kappa shape index (κ2) is 3.84. The van der Waals surface area contributed by atoms with Gasteiger partial charge >= 0.3 is 8.74 Å². The summed E-state index contributed by atoms with van der Waals surface area (Å²) < 4.78 is 26.2. The van der Waals surface area contributed by atoms with Crippen LogP contribution < -0.4 is 0 Å². The van der Waals surface area contributed by atoms with Crippen LogP contribution in [-0.2, 0) is 0 Å². The van der Waals surface area contributed by atoms with Gasteiger partial charge in [0.1, 0.15) is 0 Å². The third kappa shape index (κ3) is 2.50. The predicted octanol–water partition coefficient (Wildman–Crippen LogP) is 2.83. The first-order valence-corrected chi connectivity index (χ1v) is 6.25. The Morgan fingerprint density at radius 1 is 1.31 bits per heavy atom. The van der Waals surface area contributed by atoms with Crippen LogP contribution in [0.5, 0.6) is 0 Å². The molecular formula is C8H12F2N2Si. The quantitative estimate of drug-likeness (QED) is 0.522. The molecular weight excluding hydrogens is 190 g/mol. The summed E-state index contributed by atoms with van der Waals surface area (Å²) in [5.74, 6) is -0.0716. The van der Waals surface area contributed by atoms with E-state index in [-0.39, 0.29) is 12.3 Å². The van der Waals surface area contributed by atoms with Crippen LogP contribution >= 0.6 is 0 Å². The first kappa shape index (κ1) is 12.1. The Balaban J connectivity index is 5.00. The molecule has 0 amide bonds. The zero-order valence-electron chi connectivity index (χ0n) is 7.93. The van der Waals surface area contributed by atoms with Crippen molar-refractivity contribution >= 4 is 8.74 Å². The predicted molar refractivity (Wildman–Crippen MR) is 47.2 cm³/mol. The van der Waals surface area contributed by atoms with Crippen molar-refractivity contribution in [3.63, 3.8) is 0 Å². The zero-order valence-corrected chi connectivity index (χ0v) is 8.93. The molecule has 0 aromatic rings. The van der Waals surface area contributed by atoms with Crippen molar-refractivity contribution in [2.24, 2.45) is 5.92 Å². The monoisotopic (exact) mass is 202 g/mol. The van der Waals surface area contributed by atoms with E-state index < -0.39 is 13.8 Å². The molecule has 5 heteroatoms. The van der Waals surface area contributed by atoms with Crippen molar-refractivity contribution in [3.05, 3.63) is 0 Å². The van der Waals surface area contributed by atoms with E-state index in [1.165, 1.54) is 12.1 Å². The first-order valence-electron chi connectivity index (χ1n) is 3.99. The Morgan fingerprint density at radius 3 is 1.77 bits per heavy atom. The highest BCUT2D eigenvalue weighted by Crippen LogP contribution is 2.44. The van der Waals surface area contributed by atoms with Crippen molar-refractivity contribution in [2.75, 3.05) is 0 Å². The standard InChI is InChI=1S/C8H12F2N2Si/c1-7(2)4-8(5-11,6-12)13(3,9)10/h7H,4H2,1-3H3. The molecule has 0 radical (unpaired) electrons. The molecule has 0 aromatic heterocycles. The lowest BCUT2D eigenvalue weighted by molar-refractivity contribution is 0.473. The number of hydrogen-bond donors (Lipinski definition) is 0. The summed E-state index contributed by atoms with van der Waals surface area (Å²) in [4.78, 5) is 0. The summed E-state index contributed by atoms with van der Waals surface area (Å²) in [6, 6.07) is 2.97. The summed E-state index contributed by atoms with van der Waals surface area (Å²) in [6.07, 6.45) is -0.0459. The molecule has 0 aromatic carbocycles. The van der Waals surface area contributed by atoms with Crippen LogP contribution in [-0.4, -0.2) is 8.74 Å². The molecule has 0 saturated carbocycles. The molecule has 0 aliphatic rings. The van der Waals surface area contributed by atoms with Gasteiger partial charge in [-0.05, 0) is 18.9 Å². The number of nitriles is 2. The molecule has 13 heavy (non-hydrogen) atoms. The fourth-order valence-electron chi connectivity index (χ4n) is 1.10. The van der Waals surface area contributed by atoms with Gasteiger partial charge in [-0.25, -0.2) is 0 Å². The lowest BCUT2D eigenvalue weighted by Gasteiger charge is -2.24. The second-order valence-electron chi connectivity index (χ2n) is 3.62. The van der Waals surface area contributed by atoms with Crippen molar-refractivity contribution in [1.82, 2.24) is 0 Å². The maximum absolute atomic E-state index is 13.1. The van der Waals surface area contributed by atoms with E-state index in [0.717, 1.165) is 6.55 Å². The fraction of sp³-hybridized carbons (Fsp3) is 0.750. The highest BCUT2D eigenvalue weighted by Gasteiger charge is 2.55. The maximum Gasteiger partial charge on any atom is 0.455 e. The van der Waals surface area contributed by atoms with Gasteiger partial charge in [0.05, 0.1) is 12.1 Å². The minimum Gasteiger partial charge on any atom is -0.268 e. The van der Waals surface area contributed by atoms with Crippen molar-refractivity contribution < 1.29 is 8.22 Å². The smallest absolute Gasteiger partial charge is 0.268 e. The molecule has 0 aliphatic heterocycles. The third-order valence-corrected chi connectivity index (χ3v) is 3.77. The Kier molecular flexibility index (Phi) is 3.56. The zero-order chi connectivity index (χ0) is 10.7. The van der Waals surface area contributed by atoms with Gasteiger partial charge in [0.25, 0.3) is 0 Å². The topological polar surface area (TPSA) is 47.6 Å². The third-order valence-electron chi connectivity index (χ3n) is 1.85. The Morgan fingerprint density at radius 2 is 1.69 bits per heavy atom. The molecule has 0 fully saturated rings. The molecule has 0 heterocycles. The fourth-order valence-corrected chi connectivity index (χ4v) is 2.26. The van der Waals surface area contributed by atoms with Crippen molar-refractivity contribution in [3.8, 4) is 12.1 Å². The van der Waals surface area contributed by atoms with Gasteiger partial charge in [-0.2, -0.15) is 10.5 Å². The van der Waals surface area contributed by atoms with Crippen LogP contribution in [0.15, 0.2) is 0 Å². The molecule has 0 saturated heterocycles. The van der Waals surface area contributed by atoms with Gasteiger partial charge in [0.2, 0.25) is 0 Å². The molecule has 0 unspecified atom stereocenters. The van der Waals surface area contributed by atoms with E-state index in [1.807, 2.05) is 0 Å². The molecule has 0 rings (SSSR count). The lowest BCUT2D eigenvalue weighted by atomic mass is 9.99. The first-order chi connectivity index (χ1) is 5.79. The minimum absolute atomic E-state index is 0.0459. The van der Waals surface area contributed by atoms with Gasteiger partial charge in [-0.15, -0.1) is 0 Å². The van der Waals surface area contributed by atoms with Crippen LogP contribution in [0.4, 0.5) is 8.22 Å². The van der Waals surface area contributed by atoms with Crippen LogP contribution in [0.25, 0.3) is 0 Å². The normalized spacial score (nSPS) is 12.3. The number of hydrogen-bond acceptors (Lipinski definition) is 2. The molecule has 0 aliphatic carbocycles. The van der Waals surface area contributed by atoms with Gasteiger partial charge in [0, 0.05) is 0 Å². The van der Waals surface area contributed by atoms with Gasteiger partial charge in [0.15, 0.2) is 5.04 Å². The molecule has 72 valence electrons. The maximum atomic E-state index is 13.1. The average molecular weight is 202 g/mol. The van der Waals surface area contributed by atoms with Crippen molar-refractivity contribution in [1.29, 1.82) is 10.5 Å². The number of nitrogens with zero attached hydrogens (tertiary/aromatic N) is 2. The van der Waals surface area contributed by atoms with Gasteiger partial charge < -0.3 is 0 Å². The van der Waals surface area contributed by atoms with Crippen LogP contribution in [0, 0.1) is 28.6 Å². The second-order valence-corrected chi connectivity index (χ2v) is 6.25. The summed E-state index contributed by atoms with van der Waals surface area (Å²) in [5.41, 5.74) is 0. The molecule has 0 spiro atoms. The minimum atomic E-state index is -4.72. The average Bonchev–Trinajstić information content (AvgIpc) is 1.97.